The number of morpholine rings is 1. The van der Waals surface area contributed by atoms with Gasteiger partial charge < -0.3 is 20.1 Å². The molecule has 7 nitrogen and oxygen atoms in total. The summed E-state index contributed by atoms with van der Waals surface area (Å²) in [6, 6.07) is 4.60. The minimum atomic E-state index is -0.695. The summed E-state index contributed by atoms with van der Waals surface area (Å²) in [6.45, 7) is 4.99. The molecule has 1 aromatic rings. The van der Waals surface area contributed by atoms with Crippen molar-refractivity contribution < 1.29 is 23.5 Å². The molecule has 1 atom stereocenters. The molecule has 1 aromatic carbocycles. The summed E-state index contributed by atoms with van der Waals surface area (Å²) in [5.41, 5.74) is 1.46. The van der Waals surface area contributed by atoms with E-state index in [1.165, 1.54) is 12.1 Å². The highest BCUT2D eigenvalue weighted by Crippen LogP contribution is 2.28. The molecule has 0 bridgehead atoms. The van der Waals surface area contributed by atoms with E-state index in [-0.39, 0.29) is 12.4 Å². The van der Waals surface area contributed by atoms with Crippen LogP contribution in [0.1, 0.15) is 18.5 Å². The summed E-state index contributed by atoms with van der Waals surface area (Å²) in [7, 11) is 0. The summed E-state index contributed by atoms with van der Waals surface area (Å²) in [4.78, 5) is 26.9. The van der Waals surface area contributed by atoms with Crippen LogP contribution in [0.2, 0.25) is 0 Å². The fraction of sp³-hybridized carbons (Fsp3) is 0.444. The predicted octanol–water partition coefficient (Wildman–Crippen LogP) is 1.33. The highest BCUT2D eigenvalue weighted by Gasteiger charge is 2.34. The van der Waals surface area contributed by atoms with Crippen LogP contribution in [0.25, 0.3) is 0 Å². The number of hydrogen-bond donors (Lipinski definition) is 2. The zero-order chi connectivity index (χ0) is 18.5. The van der Waals surface area contributed by atoms with Crippen molar-refractivity contribution >= 4 is 12.0 Å². The average Bonchev–Trinajstić information content (AvgIpc) is 2.63. The number of nitrogens with zero attached hydrogens (tertiary/aromatic N) is 1. The maximum atomic E-state index is 13.3. The van der Waals surface area contributed by atoms with Crippen molar-refractivity contribution in [3.8, 4) is 0 Å². The van der Waals surface area contributed by atoms with Crippen molar-refractivity contribution in [2.45, 2.75) is 13.0 Å². The Morgan fingerprint density at radius 3 is 2.65 bits per heavy atom. The molecule has 0 aliphatic carbocycles. The first-order valence-electron chi connectivity index (χ1n) is 8.61. The first kappa shape index (κ1) is 18.3. The number of urea groups is 1. The largest absolute Gasteiger partial charge is 0.463 e. The lowest BCUT2D eigenvalue weighted by Crippen LogP contribution is -2.49. The molecule has 26 heavy (non-hydrogen) atoms. The standard InChI is InChI=1S/C18H22FN3O4/c1-2-26-17(23)15-14(11-22-7-9-25-10-8-22)20-18(24)21-16(15)12-3-5-13(19)6-4-12/h3-6,16H,2,7-11H2,1H3,(H2,20,21,24)/t16-/m1/s1. The second-order valence-corrected chi connectivity index (χ2v) is 6.08. The molecule has 0 saturated carbocycles. The van der Waals surface area contributed by atoms with Crippen LogP contribution in [0.5, 0.6) is 0 Å². The van der Waals surface area contributed by atoms with Crippen molar-refractivity contribution in [3.63, 3.8) is 0 Å². The van der Waals surface area contributed by atoms with Crippen LogP contribution in [-0.2, 0) is 14.3 Å². The number of benzene rings is 1. The van der Waals surface area contributed by atoms with Crippen molar-refractivity contribution in [2.75, 3.05) is 39.5 Å². The molecule has 2 aliphatic heterocycles. The number of rotatable bonds is 5. The minimum absolute atomic E-state index is 0.219. The van der Waals surface area contributed by atoms with E-state index in [1.54, 1.807) is 19.1 Å². The molecule has 0 aromatic heterocycles. The monoisotopic (exact) mass is 363 g/mol. The number of esters is 1. The van der Waals surface area contributed by atoms with Crippen molar-refractivity contribution in [1.82, 2.24) is 15.5 Å². The van der Waals surface area contributed by atoms with Crippen molar-refractivity contribution in [3.05, 3.63) is 46.9 Å². The number of ether oxygens (including phenoxy) is 2. The van der Waals surface area contributed by atoms with Crippen LogP contribution in [0, 0.1) is 5.82 Å². The van der Waals surface area contributed by atoms with E-state index < -0.39 is 18.0 Å². The molecule has 8 heteroatoms. The molecule has 1 fully saturated rings. The highest BCUT2D eigenvalue weighted by atomic mass is 19.1. The Hall–Kier alpha value is -2.45. The van der Waals surface area contributed by atoms with Gasteiger partial charge in [0.15, 0.2) is 0 Å². The van der Waals surface area contributed by atoms with E-state index in [4.69, 9.17) is 9.47 Å². The Morgan fingerprint density at radius 1 is 1.31 bits per heavy atom. The summed E-state index contributed by atoms with van der Waals surface area (Å²) < 4.78 is 23.8. The maximum absolute atomic E-state index is 13.3. The van der Waals surface area contributed by atoms with Crippen LogP contribution in [0.15, 0.2) is 35.5 Å². The van der Waals surface area contributed by atoms with Gasteiger partial charge in [-0.05, 0) is 24.6 Å². The fourth-order valence-electron chi connectivity index (χ4n) is 3.08. The van der Waals surface area contributed by atoms with Gasteiger partial charge in [-0.25, -0.2) is 14.0 Å². The van der Waals surface area contributed by atoms with Crippen LogP contribution in [-0.4, -0.2) is 56.4 Å². The van der Waals surface area contributed by atoms with Crippen LogP contribution in [0.4, 0.5) is 9.18 Å². The Labute approximate surface area is 151 Å². The predicted molar refractivity (Wildman–Crippen MR) is 91.7 cm³/mol. The molecule has 2 N–H and O–H groups in total. The van der Waals surface area contributed by atoms with Gasteiger partial charge in [-0.1, -0.05) is 12.1 Å². The third-order valence-corrected chi connectivity index (χ3v) is 4.34. The lowest BCUT2D eigenvalue weighted by atomic mass is 9.95. The molecule has 2 amide bonds. The van der Waals surface area contributed by atoms with Gasteiger partial charge in [0, 0.05) is 25.3 Å². The smallest absolute Gasteiger partial charge is 0.338 e. The molecule has 1 saturated heterocycles. The molecule has 3 rings (SSSR count). The molecule has 2 heterocycles. The fourth-order valence-corrected chi connectivity index (χ4v) is 3.08. The van der Waals surface area contributed by atoms with Crippen LogP contribution in [0.3, 0.4) is 0 Å². The number of nitrogens with one attached hydrogen (secondary N) is 2. The second kappa shape index (κ2) is 8.29. The summed E-state index contributed by atoms with van der Waals surface area (Å²) >= 11 is 0. The molecule has 140 valence electrons. The number of carbonyl (C=O) groups excluding carboxylic acids is 2. The Kier molecular flexibility index (Phi) is 5.85. The Bertz CT molecular complexity index is 699. The number of amides is 2. The summed E-state index contributed by atoms with van der Waals surface area (Å²) in [5.74, 6) is -0.887. The topological polar surface area (TPSA) is 79.9 Å². The molecule has 0 radical (unpaired) electrons. The van der Waals surface area contributed by atoms with E-state index in [0.717, 1.165) is 0 Å². The molecule has 0 spiro atoms. The number of halogens is 1. The number of hydrogen-bond acceptors (Lipinski definition) is 5. The zero-order valence-electron chi connectivity index (χ0n) is 14.6. The third-order valence-electron chi connectivity index (χ3n) is 4.34. The van der Waals surface area contributed by atoms with Crippen LogP contribution < -0.4 is 10.6 Å². The van der Waals surface area contributed by atoms with Gasteiger partial charge in [0.25, 0.3) is 0 Å². The molecule has 0 unspecified atom stereocenters. The van der Waals surface area contributed by atoms with E-state index in [1.807, 2.05) is 0 Å². The van der Waals surface area contributed by atoms with Crippen molar-refractivity contribution in [2.24, 2.45) is 0 Å². The SMILES string of the molecule is CCOC(=O)C1=C(CN2CCOCC2)NC(=O)N[C@@H]1c1ccc(F)cc1. The lowest BCUT2D eigenvalue weighted by Gasteiger charge is -2.33. The van der Waals surface area contributed by atoms with Gasteiger partial charge in [-0.2, -0.15) is 0 Å². The normalized spacial score (nSPS) is 21.2. The van der Waals surface area contributed by atoms with Gasteiger partial charge in [0.1, 0.15) is 5.82 Å². The first-order valence-corrected chi connectivity index (χ1v) is 8.61. The first-order chi connectivity index (χ1) is 12.6. The lowest BCUT2D eigenvalue weighted by molar-refractivity contribution is -0.139. The van der Waals surface area contributed by atoms with Gasteiger partial charge in [-0.15, -0.1) is 0 Å². The van der Waals surface area contributed by atoms with Gasteiger partial charge in [0.05, 0.1) is 31.4 Å². The average molecular weight is 363 g/mol. The third kappa shape index (κ3) is 4.20. The van der Waals surface area contributed by atoms with Gasteiger partial charge in [-0.3, -0.25) is 4.90 Å². The highest BCUT2D eigenvalue weighted by molar-refractivity contribution is 5.95. The maximum Gasteiger partial charge on any atom is 0.338 e. The second-order valence-electron chi connectivity index (χ2n) is 6.08. The zero-order valence-corrected chi connectivity index (χ0v) is 14.6. The minimum Gasteiger partial charge on any atom is -0.463 e. The van der Waals surface area contributed by atoms with E-state index in [0.29, 0.717) is 49.7 Å². The van der Waals surface area contributed by atoms with E-state index >= 15 is 0 Å². The number of carbonyl (C=O) groups is 2. The van der Waals surface area contributed by atoms with Crippen molar-refractivity contribution in [1.29, 1.82) is 0 Å². The Balaban J connectivity index is 1.96. The summed E-state index contributed by atoms with van der Waals surface area (Å²) in [5, 5.41) is 5.47. The van der Waals surface area contributed by atoms with Gasteiger partial charge >= 0.3 is 12.0 Å². The molecular formula is C18H22FN3O4. The molecule has 2 aliphatic rings. The van der Waals surface area contributed by atoms with Gasteiger partial charge in [0.2, 0.25) is 0 Å². The van der Waals surface area contributed by atoms with E-state index in [9.17, 15) is 14.0 Å². The summed E-state index contributed by atoms with van der Waals surface area (Å²) in [6.07, 6.45) is 0. The Morgan fingerprint density at radius 2 is 2.00 bits per heavy atom. The quantitative estimate of drug-likeness (QED) is 0.772. The molecular weight excluding hydrogens is 341 g/mol. The van der Waals surface area contributed by atoms with Crippen LogP contribution >= 0.6 is 0 Å². The van der Waals surface area contributed by atoms with E-state index in [2.05, 4.69) is 15.5 Å².